The molecule has 3 aromatic rings. The van der Waals surface area contributed by atoms with E-state index in [1.54, 1.807) is 0 Å². The number of nitrogens with one attached hydrogen (secondary N) is 1. The summed E-state index contributed by atoms with van der Waals surface area (Å²) in [6.45, 7) is 3.23. The van der Waals surface area contributed by atoms with E-state index in [-0.39, 0.29) is 53.8 Å². The van der Waals surface area contributed by atoms with Crippen molar-refractivity contribution in [1.29, 1.82) is 0 Å². The third kappa shape index (κ3) is 6.91. The molecule has 2 unspecified atom stereocenters. The first-order chi connectivity index (χ1) is 21.3. The fourth-order valence-corrected chi connectivity index (χ4v) is 6.13. The molecule has 0 bridgehead atoms. The Morgan fingerprint density at radius 1 is 1.02 bits per heavy atom. The van der Waals surface area contributed by atoms with Crippen LogP contribution in [0.3, 0.4) is 0 Å². The summed E-state index contributed by atoms with van der Waals surface area (Å²) in [5.41, 5.74) is 0.860. The van der Waals surface area contributed by atoms with Gasteiger partial charge in [0.25, 0.3) is 11.6 Å². The van der Waals surface area contributed by atoms with Gasteiger partial charge in [0.1, 0.15) is 17.2 Å². The van der Waals surface area contributed by atoms with Gasteiger partial charge >= 0.3 is 17.7 Å². The highest BCUT2D eigenvalue weighted by Gasteiger charge is 2.46. The number of halogens is 4. The largest absolute Gasteiger partial charge is 0.498 e. The number of carbonyl (C=O) groups is 3. The minimum atomic E-state index is -5.32. The Balaban J connectivity index is 1.31. The average molecular weight is 630 g/mol. The summed E-state index contributed by atoms with van der Waals surface area (Å²) in [5, 5.41) is 2.08. The first kappa shape index (κ1) is 31.9. The fraction of sp³-hybridized carbons (Fsp3) is 0.406. The second kappa shape index (κ2) is 12.8. The molecule has 5 rings (SSSR count). The number of hydrogen-bond donors (Lipinski definition) is 1. The van der Waals surface area contributed by atoms with Crippen molar-refractivity contribution in [3.8, 4) is 0 Å². The van der Waals surface area contributed by atoms with Gasteiger partial charge < -0.3 is 9.80 Å². The van der Waals surface area contributed by atoms with Crippen LogP contribution in [0.1, 0.15) is 69.9 Å². The summed E-state index contributed by atoms with van der Waals surface area (Å²) in [7, 11) is 0. The van der Waals surface area contributed by atoms with E-state index in [1.165, 1.54) is 36.4 Å². The van der Waals surface area contributed by atoms with Gasteiger partial charge in [-0.05, 0) is 62.3 Å². The highest BCUT2D eigenvalue weighted by Crippen LogP contribution is 2.35. The molecule has 1 aliphatic heterocycles. The fourth-order valence-electron chi connectivity index (χ4n) is 6.13. The number of alkyl halides is 3. The van der Waals surface area contributed by atoms with Crippen LogP contribution in [0.2, 0.25) is 0 Å². The standard InChI is InChI=1S/C32H32F4N4O5/c1-19-20(2)29(42)37-40(45-31(44)32(34,35)36)27(19)16-21-11-12-26(33)25(15-21)30(43)38-13-14-39(28(41)18-38)24-10-6-9-23(17-24)22-7-4-3-5-8-22/h3-5,7-8,11-12,15,23-24H,6,9-10,13-14,16-18H2,1-2H3/p+1. The van der Waals surface area contributed by atoms with Gasteiger partial charge in [0.05, 0.1) is 12.0 Å². The lowest BCUT2D eigenvalue weighted by atomic mass is 9.80. The lowest BCUT2D eigenvalue weighted by molar-refractivity contribution is -0.921. The van der Waals surface area contributed by atoms with Crippen LogP contribution in [0.5, 0.6) is 0 Å². The molecule has 1 saturated carbocycles. The van der Waals surface area contributed by atoms with E-state index in [1.807, 2.05) is 23.1 Å². The molecule has 9 nitrogen and oxygen atoms in total. The lowest BCUT2D eigenvalue weighted by Crippen LogP contribution is -2.58. The molecule has 2 amide bonds. The van der Waals surface area contributed by atoms with Crippen molar-refractivity contribution < 1.29 is 41.6 Å². The topological polar surface area (TPSA) is 104 Å². The van der Waals surface area contributed by atoms with Crippen molar-refractivity contribution in [2.24, 2.45) is 0 Å². The van der Waals surface area contributed by atoms with Gasteiger partial charge in [0.2, 0.25) is 5.91 Å². The number of carbonyl (C=O) groups excluding carboxylic acids is 3. The normalized spacial score (nSPS) is 19.0. The number of H-pyrrole nitrogens is 1. The molecule has 2 aliphatic rings. The van der Waals surface area contributed by atoms with Crippen molar-refractivity contribution in [3.05, 3.63) is 98.2 Å². The van der Waals surface area contributed by atoms with Crippen LogP contribution in [-0.2, 0) is 16.0 Å². The van der Waals surface area contributed by atoms with Crippen LogP contribution in [0.25, 0.3) is 0 Å². The highest BCUT2D eigenvalue weighted by molar-refractivity contribution is 5.97. The van der Waals surface area contributed by atoms with Crippen molar-refractivity contribution in [3.63, 3.8) is 0 Å². The summed E-state index contributed by atoms with van der Waals surface area (Å²) in [6, 6.07) is 13.9. The number of aromatic nitrogens is 2. The molecule has 238 valence electrons. The van der Waals surface area contributed by atoms with Crippen molar-refractivity contribution >= 4 is 17.8 Å². The molecule has 2 heterocycles. The zero-order valence-corrected chi connectivity index (χ0v) is 24.8. The number of piperazine rings is 1. The maximum atomic E-state index is 15.0. The smallest absolute Gasteiger partial charge is 0.336 e. The van der Waals surface area contributed by atoms with Crippen LogP contribution in [0.15, 0.2) is 53.3 Å². The number of amides is 2. The molecule has 1 N–H and O–H groups in total. The number of benzene rings is 2. The van der Waals surface area contributed by atoms with E-state index in [4.69, 9.17) is 0 Å². The zero-order chi connectivity index (χ0) is 32.5. The van der Waals surface area contributed by atoms with Gasteiger partial charge in [-0.1, -0.05) is 47.9 Å². The van der Waals surface area contributed by atoms with Crippen molar-refractivity contribution in [1.82, 2.24) is 14.9 Å². The number of nitrogens with zero attached hydrogens (tertiary/aromatic N) is 3. The first-order valence-corrected chi connectivity index (χ1v) is 14.7. The van der Waals surface area contributed by atoms with E-state index >= 15 is 0 Å². The van der Waals surface area contributed by atoms with Gasteiger partial charge in [-0.2, -0.15) is 18.0 Å². The van der Waals surface area contributed by atoms with E-state index < -0.39 is 29.4 Å². The molecule has 13 heteroatoms. The Bertz CT molecular complexity index is 1670. The highest BCUT2D eigenvalue weighted by atomic mass is 19.4. The third-order valence-corrected chi connectivity index (χ3v) is 8.73. The van der Waals surface area contributed by atoms with E-state index in [0.717, 1.165) is 31.7 Å². The molecular formula is C32H33F4N4O5+. The minimum Gasteiger partial charge on any atom is -0.336 e. The molecule has 0 spiro atoms. The molecule has 1 aliphatic carbocycles. The summed E-state index contributed by atoms with van der Waals surface area (Å²) in [5.74, 6) is -3.94. The summed E-state index contributed by atoms with van der Waals surface area (Å²) < 4.78 is 53.6. The number of hydrogen-bond acceptors (Lipinski definition) is 5. The van der Waals surface area contributed by atoms with E-state index in [9.17, 15) is 36.7 Å². The van der Waals surface area contributed by atoms with E-state index in [0.29, 0.717) is 22.9 Å². The SMILES string of the molecule is Cc1c(C)c(=O)[nH][n+](OC(=O)C(F)(F)F)c1Cc1ccc(F)c(C(=O)N2CCN(C3CCCC(c4ccccc4)C3)C(=O)C2)c1. The molecule has 2 fully saturated rings. The summed E-state index contributed by atoms with van der Waals surface area (Å²) in [6.07, 6.45) is -1.79. The first-order valence-electron chi connectivity index (χ1n) is 14.7. The van der Waals surface area contributed by atoms with Gasteiger partial charge in [-0.25, -0.2) is 9.18 Å². The van der Waals surface area contributed by atoms with Gasteiger partial charge in [-0.3, -0.25) is 14.4 Å². The van der Waals surface area contributed by atoms with Crippen molar-refractivity contribution in [2.75, 3.05) is 19.6 Å². The third-order valence-electron chi connectivity index (χ3n) is 8.73. The maximum absolute atomic E-state index is 15.0. The van der Waals surface area contributed by atoms with Gasteiger partial charge in [0.15, 0.2) is 0 Å². The van der Waals surface area contributed by atoms with Crippen LogP contribution < -0.4 is 15.2 Å². The molecular weight excluding hydrogens is 596 g/mol. The van der Waals surface area contributed by atoms with Crippen molar-refractivity contribution in [2.45, 2.75) is 64.1 Å². The van der Waals surface area contributed by atoms with Gasteiger partial charge in [0, 0.05) is 30.3 Å². The zero-order valence-electron chi connectivity index (χ0n) is 24.8. The average Bonchev–Trinajstić information content (AvgIpc) is 3.02. The predicted molar refractivity (Wildman–Crippen MR) is 153 cm³/mol. The van der Waals surface area contributed by atoms with E-state index in [2.05, 4.69) is 22.1 Å². The molecule has 0 radical (unpaired) electrons. The Hall–Kier alpha value is -4.55. The van der Waals surface area contributed by atoms with Crippen LogP contribution in [0.4, 0.5) is 17.6 Å². The predicted octanol–water partition coefficient (Wildman–Crippen LogP) is 3.54. The van der Waals surface area contributed by atoms with Crippen LogP contribution >= 0.6 is 0 Å². The Morgan fingerprint density at radius 3 is 2.44 bits per heavy atom. The van der Waals surface area contributed by atoms with Gasteiger partial charge in [-0.15, -0.1) is 0 Å². The lowest BCUT2D eigenvalue weighted by Gasteiger charge is -2.42. The Kier molecular flexibility index (Phi) is 9.08. The number of rotatable bonds is 6. The second-order valence-corrected chi connectivity index (χ2v) is 11.5. The molecule has 2 atom stereocenters. The minimum absolute atomic E-state index is 0.0141. The summed E-state index contributed by atoms with van der Waals surface area (Å²) in [4.78, 5) is 58.3. The molecule has 1 aromatic heterocycles. The second-order valence-electron chi connectivity index (χ2n) is 11.5. The molecule has 1 saturated heterocycles. The maximum Gasteiger partial charge on any atom is 0.498 e. The van der Waals surface area contributed by atoms with Crippen LogP contribution in [-0.4, -0.2) is 64.5 Å². The summed E-state index contributed by atoms with van der Waals surface area (Å²) >= 11 is 0. The van der Waals surface area contributed by atoms with Crippen LogP contribution in [0, 0.1) is 19.7 Å². The number of aromatic amines is 1. The molecule has 2 aromatic carbocycles. The quantitative estimate of drug-likeness (QED) is 0.332. The monoisotopic (exact) mass is 629 g/mol. The molecule has 45 heavy (non-hydrogen) atoms. The Morgan fingerprint density at radius 2 is 1.76 bits per heavy atom. The Labute approximate surface area is 256 Å².